The number of thioether (sulfide) groups is 1. The Morgan fingerprint density at radius 1 is 0.932 bits per heavy atom. The number of hydrogen-bond donors (Lipinski definition) is 1. The van der Waals surface area contributed by atoms with Crippen LogP contribution in [-0.2, 0) is 20.9 Å². The molecule has 3 atom stereocenters. The minimum atomic E-state index is -0.807. The maximum atomic E-state index is 14.1. The van der Waals surface area contributed by atoms with Crippen LogP contribution in [-0.4, -0.2) is 40.6 Å². The highest BCUT2D eigenvalue weighted by Crippen LogP contribution is 2.54. The van der Waals surface area contributed by atoms with Crippen molar-refractivity contribution < 1.29 is 18.8 Å². The molecule has 0 bridgehead atoms. The average Bonchev–Trinajstić information content (AvgIpc) is 3.46. The molecule has 0 aliphatic carbocycles. The number of rotatable bonds is 8. The predicted octanol–water partition coefficient (Wildman–Crippen LogP) is 5.98. The minimum Gasteiger partial charge on any atom is -0.372 e. The Hall–Kier alpha value is -3.93. The number of aromatic nitrogens is 1. The molecule has 1 saturated heterocycles. The number of anilines is 3. The first-order chi connectivity index (χ1) is 21.2. The maximum Gasteiger partial charge on any atom is 0.308 e. The predicted molar refractivity (Wildman–Crippen MR) is 173 cm³/mol. The number of fused-ring (bicyclic) bond motifs is 2. The van der Waals surface area contributed by atoms with E-state index in [1.54, 1.807) is 24.3 Å². The average molecular weight is 651 g/mol. The van der Waals surface area contributed by atoms with Crippen molar-refractivity contribution in [3.63, 3.8) is 0 Å². The number of amides is 3. The van der Waals surface area contributed by atoms with Crippen LogP contribution in [0.2, 0.25) is 5.02 Å². The molecule has 2 aliphatic rings. The summed E-state index contributed by atoms with van der Waals surface area (Å²) in [6.45, 7) is 5.51. The zero-order valence-electron chi connectivity index (χ0n) is 23.8. The van der Waals surface area contributed by atoms with Gasteiger partial charge in [-0.25, -0.2) is 9.29 Å². The third-order valence-corrected chi connectivity index (χ3v) is 10.8. The van der Waals surface area contributed by atoms with Gasteiger partial charge < -0.3 is 10.2 Å². The lowest BCUT2D eigenvalue weighted by Crippen LogP contribution is -2.33. The molecular weight excluding hydrogens is 623 g/mol. The van der Waals surface area contributed by atoms with Crippen molar-refractivity contribution in [2.45, 2.75) is 36.6 Å². The quantitative estimate of drug-likeness (QED) is 0.236. The van der Waals surface area contributed by atoms with Gasteiger partial charge in [-0.1, -0.05) is 46.8 Å². The number of thiazole rings is 1. The van der Waals surface area contributed by atoms with Crippen molar-refractivity contribution in [3.8, 4) is 0 Å². The number of carbonyl (C=O) groups is 3. The molecule has 4 aromatic rings. The van der Waals surface area contributed by atoms with Crippen LogP contribution >= 0.6 is 34.7 Å². The van der Waals surface area contributed by atoms with Gasteiger partial charge in [0.05, 0.1) is 16.6 Å². The van der Waals surface area contributed by atoms with Crippen LogP contribution < -0.4 is 20.0 Å². The third-order valence-electron chi connectivity index (χ3n) is 7.94. The van der Waals surface area contributed by atoms with E-state index >= 15 is 0 Å². The Bertz CT molecular complexity index is 1790. The van der Waals surface area contributed by atoms with Crippen LogP contribution in [0.5, 0.6) is 0 Å². The van der Waals surface area contributed by atoms with Crippen molar-refractivity contribution in [3.05, 3.63) is 104 Å². The molecule has 3 unspecified atom stereocenters. The number of halogens is 2. The molecule has 1 aromatic heterocycles. The van der Waals surface area contributed by atoms with E-state index in [-0.39, 0.29) is 23.2 Å². The van der Waals surface area contributed by atoms with Gasteiger partial charge in [0, 0.05) is 40.3 Å². The number of hydrogen-bond acceptors (Lipinski definition) is 7. The summed E-state index contributed by atoms with van der Waals surface area (Å²) in [4.78, 5) is 58.0. The molecule has 12 heteroatoms. The molecule has 8 nitrogen and oxygen atoms in total. The Labute approximate surface area is 266 Å². The number of benzene rings is 3. The lowest BCUT2D eigenvalue weighted by Gasteiger charge is -2.31. The first-order valence-corrected chi connectivity index (χ1v) is 16.2. The molecule has 3 amide bonds. The van der Waals surface area contributed by atoms with Gasteiger partial charge in [0.25, 0.3) is 0 Å². The number of carbonyl (C=O) groups excluding carboxylic acids is 3. The molecule has 6 rings (SSSR count). The maximum absolute atomic E-state index is 14.1. The van der Waals surface area contributed by atoms with Crippen LogP contribution in [0.4, 0.5) is 21.5 Å². The lowest BCUT2D eigenvalue weighted by molar-refractivity contribution is -0.122. The van der Waals surface area contributed by atoms with Crippen LogP contribution in [0, 0.1) is 11.7 Å². The van der Waals surface area contributed by atoms with E-state index in [1.807, 2.05) is 24.3 Å². The molecule has 226 valence electrons. The van der Waals surface area contributed by atoms with Crippen LogP contribution in [0.25, 0.3) is 0 Å². The normalized spacial score (nSPS) is 19.1. The van der Waals surface area contributed by atoms with Gasteiger partial charge >= 0.3 is 4.87 Å². The second-order valence-electron chi connectivity index (χ2n) is 10.5. The first kappa shape index (κ1) is 30.1. The molecule has 2 aliphatic heterocycles. The second kappa shape index (κ2) is 12.2. The van der Waals surface area contributed by atoms with E-state index in [4.69, 9.17) is 11.6 Å². The van der Waals surface area contributed by atoms with Gasteiger partial charge in [-0.15, -0.1) is 0 Å². The number of imide groups is 1. The minimum absolute atomic E-state index is 0.302. The molecule has 3 heterocycles. The summed E-state index contributed by atoms with van der Waals surface area (Å²) in [6, 6.07) is 19.8. The third kappa shape index (κ3) is 5.44. The fraction of sp³-hybridized carbons (Fsp3) is 0.250. The molecule has 44 heavy (non-hydrogen) atoms. The summed E-state index contributed by atoms with van der Waals surface area (Å²) < 4.78 is 14.7. The van der Waals surface area contributed by atoms with Crippen LogP contribution in [0.15, 0.2) is 82.6 Å². The highest BCUT2D eigenvalue weighted by atomic mass is 35.5. The summed E-state index contributed by atoms with van der Waals surface area (Å²) in [5.74, 6) is -2.97. The molecule has 1 N–H and O–H groups in total. The Morgan fingerprint density at radius 2 is 1.59 bits per heavy atom. The highest BCUT2D eigenvalue weighted by Gasteiger charge is 2.56. The first-order valence-electron chi connectivity index (χ1n) is 14.1. The van der Waals surface area contributed by atoms with Crippen molar-refractivity contribution in [2.24, 2.45) is 5.92 Å². The van der Waals surface area contributed by atoms with Gasteiger partial charge in [-0.2, -0.15) is 0 Å². The summed E-state index contributed by atoms with van der Waals surface area (Å²) >= 11 is 8.21. The van der Waals surface area contributed by atoms with Crippen LogP contribution in [0.1, 0.15) is 30.2 Å². The summed E-state index contributed by atoms with van der Waals surface area (Å²) in [5.41, 5.74) is 2.65. The Kier molecular flexibility index (Phi) is 8.36. The van der Waals surface area contributed by atoms with Gasteiger partial charge in [-0.05, 0) is 80.1 Å². The summed E-state index contributed by atoms with van der Waals surface area (Å²) in [5, 5.41) is 2.86. The zero-order chi connectivity index (χ0) is 31.1. The van der Waals surface area contributed by atoms with Crippen molar-refractivity contribution >= 4 is 69.5 Å². The highest BCUT2D eigenvalue weighted by molar-refractivity contribution is 8.00. The SMILES string of the molecule is CCN(CC)c1ccc(C2c3sc(=O)n(CC(=O)Nc4ccc(F)cc4)c3SC3C(=O)N(c4ccc(Cl)cc4)C(=O)C32)cc1. The van der Waals surface area contributed by atoms with E-state index in [2.05, 4.69) is 24.1 Å². The van der Waals surface area contributed by atoms with Crippen LogP contribution in [0.3, 0.4) is 0 Å². The fourth-order valence-corrected chi connectivity index (χ4v) is 8.72. The van der Waals surface area contributed by atoms with Crippen molar-refractivity contribution in [1.29, 1.82) is 0 Å². The standard InChI is InChI=1S/C32H28ClFN4O4S2/c1-3-36(4-2)22-13-5-18(6-14-22)25-26-27(30(41)38(29(26)40)23-15-7-19(33)8-16-23)43-31-28(25)44-32(42)37(31)17-24(39)35-21-11-9-20(34)10-12-21/h5-16,25-27H,3-4,17H2,1-2H3,(H,35,39). The van der Waals surface area contributed by atoms with Crippen molar-refractivity contribution in [2.75, 3.05) is 28.2 Å². The monoisotopic (exact) mass is 650 g/mol. The van der Waals surface area contributed by atoms with E-state index in [0.717, 1.165) is 47.4 Å². The van der Waals surface area contributed by atoms with E-state index in [0.29, 0.717) is 26.3 Å². The molecule has 1 fully saturated rings. The van der Waals surface area contributed by atoms with Gasteiger partial charge in [0.1, 0.15) is 17.6 Å². The van der Waals surface area contributed by atoms with E-state index < -0.39 is 28.8 Å². The van der Waals surface area contributed by atoms with Crippen molar-refractivity contribution in [1.82, 2.24) is 4.57 Å². The topological polar surface area (TPSA) is 91.7 Å². The lowest BCUT2D eigenvalue weighted by atomic mass is 9.83. The second-order valence-corrected chi connectivity index (χ2v) is 13.0. The number of nitrogens with zero attached hydrogens (tertiary/aromatic N) is 3. The molecule has 0 radical (unpaired) electrons. The Morgan fingerprint density at radius 3 is 2.23 bits per heavy atom. The molecular formula is C32H28ClFN4O4S2. The smallest absolute Gasteiger partial charge is 0.308 e. The largest absolute Gasteiger partial charge is 0.372 e. The molecule has 3 aromatic carbocycles. The summed E-state index contributed by atoms with van der Waals surface area (Å²) in [6.07, 6.45) is 0. The van der Waals surface area contributed by atoms with Gasteiger partial charge in [-0.3, -0.25) is 23.7 Å². The molecule has 0 saturated carbocycles. The fourth-order valence-electron chi connectivity index (χ4n) is 5.82. The van der Waals surface area contributed by atoms with Gasteiger partial charge in [0.2, 0.25) is 17.7 Å². The summed E-state index contributed by atoms with van der Waals surface area (Å²) in [7, 11) is 0. The van der Waals surface area contributed by atoms with E-state index in [1.165, 1.54) is 33.7 Å². The molecule has 0 spiro atoms. The Balaban J connectivity index is 1.41. The van der Waals surface area contributed by atoms with Gasteiger partial charge in [0.15, 0.2) is 0 Å². The zero-order valence-corrected chi connectivity index (χ0v) is 26.2. The van der Waals surface area contributed by atoms with E-state index in [9.17, 15) is 23.6 Å². The number of nitrogens with one attached hydrogen (secondary N) is 1.